The summed E-state index contributed by atoms with van der Waals surface area (Å²) in [6.45, 7) is -1.84. The number of benzene rings is 1. The maximum Gasteiger partial charge on any atom is 0.388 e. The summed E-state index contributed by atoms with van der Waals surface area (Å²) in [5.41, 5.74) is -0.598. The molecule has 0 aliphatic carbocycles. The topological polar surface area (TPSA) is 79.7 Å². The van der Waals surface area contributed by atoms with E-state index in [1.165, 1.54) is 14.0 Å². The van der Waals surface area contributed by atoms with Crippen LogP contribution >= 0.6 is 27.5 Å². The van der Waals surface area contributed by atoms with E-state index in [0.29, 0.717) is 0 Å². The molecule has 28 heavy (non-hydrogen) atoms. The number of hydrogen-bond donors (Lipinski definition) is 0. The fraction of sp³-hybridized carbons (Fsp3) is 0.312. The number of carbonyl (C=O) groups is 2. The summed E-state index contributed by atoms with van der Waals surface area (Å²) >= 11 is 8.94. The van der Waals surface area contributed by atoms with Crippen molar-refractivity contribution >= 4 is 39.5 Å². The van der Waals surface area contributed by atoms with Crippen molar-refractivity contribution in [1.82, 2.24) is 9.78 Å². The van der Waals surface area contributed by atoms with E-state index in [9.17, 15) is 22.8 Å². The molecular formula is C16H13BrClF3N2O5. The standard InChI is InChI=1S/C16H13BrClF3N2O5/c1-6(14(24)26-3)27-15(25)7-4-8(10(19)5-9(7)18)12-11(17)13(23(2)22-12)28-16(20)21/h4-6,16H,1-3H3. The van der Waals surface area contributed by atoms with Gasteiger partial charge in [0, 0.05) is 12.6 Å². The van der Waals surface area contributed by atoms with Crippen LogP contribution in [0.1, 0.15) is 17.3 Å². The lowest BCUT2D eigenvalue weighted by atomic mass is 10.1. The first-order chi connectivity index (χ1) is 13.1. The Bertz CT molecular complexity index is 922. The van der Waals surface area contributed by atoms with Crippen molar-refractivity contribution < 1.29 is 37.0 Å². The fourth-order valence-electron chi connectivity index (χ4n) is 2.19. The Labute approximate surface area is 170 Å². The normalized spacial score (nSPS) is 12.0. The molecule has 1 atom stereocenters. The maximum atomic E-state index is 14.4. The van der Waals surface area contributed by atoms with Gasteiger partial charge in [-0.1, -0.05) is 11.6 Å². The molecule has 2 rings (SSSR count). The summed E-state index contributed by atoms with van der Waals surface area (Å²) in [7, 11) is 2.43. The highest BCUT2D eigenvalue weighted by atomic mass is 79.9. The molecule has 1 aromatic heterocycles. The molecule has 0 amide bonds. The van der Waals surface area contributed by atoms with Gasteiger partial charge in [-0.05, 0) is 35.0 Å². The van der Waals surface area contributed by atoms with Gasteiger partial charge in [0.1, 0.15) is 16.0 Å². The number of ether oxygens (including phenoxy) is 3. The predicted molar refractivity (Wildman–Crippen MR) is 94.8 cm³/mol. The van der Waals surface area contributed by atoms with Crippen molar-refractivity contribution in [3.05, 3.63) is 33.0 Å². The Morgan fingerprint density at radius 1 is 1.32 bits per heavy atom. The number of hydrogen-bond acceptors (Lipinski definition) is 6. The van der Waals surface area contributed by atoms with E-state index in [0.717, 1.165) is 23.9 Å². The smallest absolute Gasteiger partial charge is 0.388 e. The van der Waals surface area contributed by atoms with Crippen molar-refractivity contribution in [2.75, 3.05) is 7.11 Å². The molecule has 0 radical (unpaired) electrons. The number of alkyl halides is 2. The number of methoxy groups -OCH3 is 1. The monoisotopic (exact) mass is 484 g/mol. The maximum absolute atomic E-state index is 14.4. The molecule has 1 heterocycles. The summed E-state index contributed by atoms with van der Waals surface area (Å²) in [5, 5.41) is 3.65. The lowest BCUT2D eigenvalue weighted by molar-refractivity contribution is -0.149. The Balaban J connectivity index is 2.47. The van der Waals surface area contributed by atoms with E-state index in [1.54, 1.807) is 0 Å². The summed E-state index contributed by atoms with van der Waals surface area (Å²) in [6.07, 6.45) is -1.23. The second-order valence-electron chi connectivity index (χ2n) is 5.35. The minimum Gasteiger partial charge on any atom is -0.466 e. The van der Waals surface area contributed by atoms with E-state index in [1.807, 2.05) is 0 Å². The van der Waals surface area contributed by atoms with Crippen molar-refractivity contribution in [2.24, 2.45) is 7.05 Å². The molecule has 0 N–H and O–H groups in total. The molecule has 0 fully saturated rings. The van der Waals surface area contributed by atoms with E-state index < -0.39 is 30.5 Å². The minimum atomic E-state index is -3.13. The number of esters is 2. The highest BCUT2D eigenvalue weighted by molar-refractivity contribution is 9.10. The van der Waals surface area contributed by atoms with Crippen LogP contribution in [0.25, 0.3) is 11.3 Å². The van der Waals surface area contributed by atoms with Gasteiger partial charge in [0.15, 0.2) is 6.10 Å². The van der Waals surface area contributed by atoms with Crippen LogP contribution in [-0.4, -0.2) is 41.5 Å². The molecule has 152 valence electrons. The molecule has 0 saturated heterocycles. The molecule has 12 heteroatoms. The van der Waals surface area contributed by atoms with Crippen molar-refractivity contribution in [3.8, 4) is 17.1 Å². The first-order valence-corrected chi connectivity index (χ1v) is 8.69. The number of rotatable bonds is 6. The van der Waals surface area contributed by atoms with Crippen LogP contribution in [0.15, 0.2) is 16.6 Å². The zero-order valence-corrected chi connectivity index (χ0v) is 17.0. The predicted octanol–water partition coefficient (Wildman–Crippen LogP) is 3.96. The summed E-state index contributed by atoms with van der Waals surface area (Å²) in [6, 6.07) is 1.87. The molecule has 0 spiro atoms. The molecule has 1 aromatic carbocycles. The average Bonchev–Trinajstić information content (AvgIpc) is 2.88. The molecular weight excluding hydrogens is 473 g/mol. The number of halogens is 5. The molecule has 7 nitrogen and oxygen atoms in total. The van der Waals surface area contributed by atoms with Crippen molar-refractivity contribution in [2.45, 2.75) is 19.6 Å². The molecule has 0 bridgehead atoms. The van der Waals surface area contributed by atoms with Gasteiger partial charge >= 0.3 is 18.6 Å². The highest BCUT2D eigenvalue weighted by Crippen LogP contribution is 2.38. The van der Waals surface area contributed by atoms with Crippen LogP contribution in [-0.2, 0) is 21.3 Å². The molecule has 0 aliphatic rings. The largest absolute Gasteiger partial charge is 0.466 e. The van der Waals surface area contributed by atoms with Gasteiger partial charge in [-0.15, -0.1) is 0 Å². The molecule has 2 aromatic rings. The second-order valence-corrected chi connectivity index (χ2v) is 6.55. The third-order valence-electron chi connectivity index (χ3n) is 3.49. The van der Waals surface area contributed by atoms with E-state index in [2.05, 4.69) is 30.5 Å². The Morgan fingerprint density at radius 2 is 1.96 bits per heavy atom. The number of nitrogens with zero attached hydrogens (tertiary/aromatic N) is 2. The van der Waals surface area contributed by atoms with Gasteiger partial charge in [0.25, 0.3) is 0 Å². The van der Waals surface area contributed by atoms with E-state index >= 15 is 0 Å². The highest BCUT2D eigenvalue weighted by Gasteiger charge is 2.26. The van der Waals surface area contributed by atoms with Crippen LogP contribution in [0.4, 0.5) is 13.2 Å². The molecule has 1 unspecified atom stereocenters. The van der Waals surface area contributed by atoms with Crippen LogP contribution < -0.4 is 4.74 Å². The van der Waals surface area contributed by atoms with Gasteiger partial charge in [-0.3, -0.25) is 0 Å². The van der Waals surface area contributed by atoms with Gasteiger partial charge < -0.3 is 14.2 Å². The van der Waals surface area contributed by atoms with Gasteiger partial charge in [0.2, 0.25) is 5.88 Å². The van der Waals surface area contributed by atoms with E-state index in [4.69, 9.17) is 16.3 Å². The lowest BCUT2D eigenvalue weighted by Gasteiger charge is -2.12. The first kappa shape index (κ1) is 22.0. The van der Waals surface area contributed by atoms with Gasteiger partial charge in [-0.2, -0.15) is 13.9 Å². The second kappa shape index (κ2) is 8.82. The minimum absolute atomic E-state index is 0.0567. The summed E-state index contributed by atoms with van der Waals surface area (Å²) in [4.78, 5) is 23.7. The number of aromatic nitrogens is 2. The third-order valence-corrected chi connectivity index (χ3v) is 4.52. The third kappa shape index (κ3) is 4.58. The average molecular weight is 486 g/mol. The van der Waals surface area contributed by atoms with Crippen molar-refractivity contribution in [1.29, 1.82) is 0 Å². The van der Waals surface area contributed by atoms with Gasteiger partial charge in [-0.25, -0.2) is 18.7 Å². The Hall–Kier alpha value is -2.27. The SMILES string of the molecule is COC(=O)C(C)OC(=O)c1cc(-c2nn(C)c(OC(F)F)c2Br)c(F)cc1Cl. The summed E-state index contributed by atoms with van der Waals surface area (Å²) in [5.74, 6) is -3.03. The Kier molecular flexibility index (Phi) is 6.94. The fourth-order valence-corrected chi connectivity index (χ4v) is 3.06. The van der Waals surface area contributed by atoms with Crippen LogP contribution in [0.5, 0.6) is 5.88 Å². The zero-order valence-electron chi connectivity index (χ0n) is 14.6. The van der Waals surface area contributed by atoms with Crippen molar-refractivity contribution in [3.63, 3.8) is 0 Å². The Morgan fingerprint density at radius 3 is 2.54 bits per heavy atom. The van der Waals surface area contributed by atoms with Crippen LogP contribution in [0.3, 0.4) is 0 Å². The quantitative estimate of drug-likeness (QED) is 0.576. The first-order valence-electron chi connectivity index (χ1n) is 7.52. The number of carbonyl (C=O) groups excluding carboxylic acids is 2. The van der Waals surface area contributed by atoms with E-state index in [-0.39, 0.29) is 32.2 Å². The lowest BCUT2D eigenvalue weighted by Crippen LogP contribution is -2.25. The van der Waals surface area contributed by atoms with Crippen LogP contribution in [0, 0.1) is 5.82 Å². The molecule has 0 saturated carbocycles. The summed E-state index contributed by atoms with van der Waals surface area (Å²) < 4.78 is 54.1. The number of aryl methyl sites for hydroxylation is 1. The van der Waals surface area contributed by atoms with Crippen LogP contribution in [0.2, 0.25) is 5.02 Å². The molecule has 0 aliphatic heterocycles. The zero-order chi connectivity index (χ0) is 21.2. The van der Waals surface area contributed by atoms with Gasteiger partial charge in [0.05, 0.1) is 17.7 Å².